The molecule has 1 amide bonds. The van der Waals surface area contributed by atoms with E-state index >= 15 is 0 Å². The number of aromatic nitrogens is 2. The standard InChI is InChI=1S/C16H26N4O5S/c1-4-6-13(16(22)23)17-15(21)12-7-5-8-20(9-12)26(24,25)14-10(2)18-19-11(14)3/h12-13H,4-9H2,1-3H3,(H,17,21)(H,18,19)(H,22,23). The van der Waals surface area contributed by atoms with Gasteiger partial charge in [0.1, 0.15) is 10.9 Å². The number of carbonyl (C=O) groups is 2. The van der Waals surface area contributed by atoms with Gasteiger partial charge in [-0.1, -0.05) is 13.3 Å². The van der Waals surface area contributed by atoms with Crippen LogP contribution in [0.5, 0.6) is 0 Å². The number of aliphatic carboxylic acids is 1. The highest BCUT2D eigenvalue weighted by molar-refractivity contribution is 7.89. The Morgan fingerprint density at radius 1 is 1.42 bits per heavy atom. The van der Waals surface area contributed by atoms with E-state index in [1.54, 1.807) is 13.8 Å². The largest absolute Gasteiger partial charge is 0.480 e. The fourth-order valence-electron chi connectivity index (χ4n) is 3.26. The molecule has 1 fully saturated rings. The quantitative estimate of drug-likeness (QED) is 0.635. The fourth-order valence-corrected chi connectivity index (χ4v) is 5.12. The Balaban J connectivity index is 2.13. The first-order chi connectivity index (χ1) is 12.2. The van der Waals surface area contributed by atoms with Crippen molar-refractivity contribution in [2.75, 3.05) is 13.1 Å². The van der Waals surface area contributed by atoms with Crippen LogP contribution in [0.25, 0.3) is 0 Å². The highest BCUT2D eigenvalue weighted by Crippen LogP contribution is 2.27. The van der Waals surface area contributed by atoms with Gasteiger partial charge in [0.05, 0.1) is 17.3 Å². The molecule has 10 heteroatoms. The van der Waals surface area contributed by atoms with Crippen molar-refractivity contribution in [2.24, 2.45) is 5.92 Å². The van der Waals surface area contributed by atoms with Gasteiger partial charge in [0, 0.05) is 13.1 Å². The Morgan fingerprint density at radius 3 is 2.65 bits per heavy atom. The van der Waals surface area contributed by atoms with Gasteiger partial charge < -0.3 is 10.4 Å². The molecule has 1 aromatic rings. The van der Waals surface area contributed by atoms with E-state index in [4.69, 9.17) is 0 Å². The van der Waals surface area contributed by atoms with Gasteiger partial charge in [-0.05, 0) is 33.1 Å². The first kappa shape index (κ1) is 20.4. The van der Waals surface area contributed by atoms with Gasteiger partial charge in [0.2, 0.25) is 15.9 Å². The molecule has 2 rings (SSSR count). The molecular weight excluding hydrogens is 360 g/mol. The normalized spacial score (nSPS) is 19.9. The Morgan fingerprint density at radius 2 is 2.12 bits per heavy atom. The molecule has 2 unspecified atom stereocenters. The molecule has 0 radical (unpaired) electrons. The number of hydrogen-bond donors (Lipinski definition) is 3. The molecule has 2 heterocycles. The zero-order valence-electron chi connectivity index (χ0n) is 15.3. The summed E-state index contributed by atoms with van der Waals surface area (Å²) in [7, 11) is -3.76. The molecular formula is C16H26N4O5S. The van der Waals surface area contributed by atoms with Crippen LogP contribution < -0.4 is 5.32 Å². The Hall–Kier alpha value is -1.94. The number of rotatable bonds is 7. The number of amides is 1. The van der Waals surface area contributed by atoms with E-state index in [-0.39, 0.29) is 11.4 Å². The zero-order chi connectivity index (χ0) is 19.5. The van der Waals surface area contributed by atoms with Crippen molar-refractivity contribution in [3.05, 3.63) is 11.4 Å². The van der Waals surface area contributed by atoms with Crippen LogP contribution in [-0.2, 0) is 19.6 Å². The number of carboxylic acids is 1. The van der Waals surface area contributed by atoms with Crippen molar-refractivity contribution in [3.63, 3.8) is 0 Å². The van der Waals surface area contributed by atoms with Gasteiger partial charge in [-0.2, -0.15) is 9.40 Å². The Kier molecular flexibility index (Phi) is 6.40. The lowest BCUT2D eigenvalue weighted by Gasteiger charge is -2.31. The minimum Gasteiger partial charge on any atom is -0.480 e. The number of H-pyrrole nitrogens is 1. The number of sulfonamides is 1. The number of nitrogens with one attached hydrogen (secondary N) is 2. The monoisotopic (exact) mass is 386 g/mol. The Labute approximate surface area is 153 Å². The molecule has 3 N–H and O–H groups in total. The maximum atomic E-state index is 12.9. The molecule has 146 valence electrons. The lowest BCUT2D eigenvalue weighted by atomic mass is 9.98. The van der Waals surface area contributed by atoms with Crippen molar-refractivity contribution < 1.29 is 23.1 Å². The van der Waals surface area contributed by atoms with E-state index in [9.17, 15) is 23.1 Å². The maximum Gasteiger partial charge on any atom is 0.326 e. The van der Waals surface area contributed by atoms with Crippen LogP contribution in [0.3, 0.4) is 0 Å². The van der Waals surface area contributed by atoms with E-state index in [1.165, 1.54) is 4.31 Å². The third-order valence-electron chi connectivity index (χ3n) is 4.61. The summed E-state index contributed by atoms with van der Waals surface area (Å²) in [5.74, 6) is -2.05. The number of aryl methyl sites for hydroxylation is 2. The second kappa shape index (κ2) is 8.17. The smallest absolute Gasteiger partial charge is 0.326 e. The van der Waals surface area contributed by atoms with Gasteiger partial charge in [0.25, 0.3) is 0 Å². The molecule has 0 aromatic carbocycles. The summed E-state index contributed by atoms with van der Waals surface area (Å²) in [6.07, 6.45) is 2.03. The van der Waals surface area contributed by atoms with E-state index in [2.05, 4.69) is 15.5 Å². The van der Waals surface area contributed by atoms with Crippen molar-refractivity contribution in [1.82, 2.24) is 19.8 Å². The molecule has 0 aliphatic carbocycles. The van der Waals surface area contributed by atoms with Gasteiger partial charge in [-0.15, -0.1) is 0 Å². The highest BCUT2D eigenvalue weighted by atomic mass is 32.2. The fraction of sp³-hybridized carbons (Fsp3) is 0.688. The van der Waals surface area contributed by atoms with Crippen molar-refractivity contribution in [1.29, 1.82) is 0 Å². The predicted molar refractivity (Wildman–Crippen MR) is 94.0 cm³/mol. The third-order valence-corrected chi connectivity index (χ3v) is 6.73. The molecule has 0 spiro atoms. The van der Waals surface area contributed by atoms with Gasteiger partial charge in [0.15, 0.2) is 0 Å². The van der Waals surface area contributed by atoms with Crippen LogP contribution in [0, 0.1) is 19.8 Å². The van der Waals surface area contributed by atoms with Crippen LogP contribution >= 0.6 is 0 Å². The highest BCUT2D eigenvalue weighted by Gasteiger charge is 2.36. The number of carboxylic acid groups (broad SMARTS) is 1. The molecule has 1 aromatic heterocycles. The molecule has 1 aliphatic heterocycles. The number of carbonyl (C=O) groups excluding carboxylic acids is 1. The number of hydrogen-bond acceptors (Lipinski definition) is 5. The summed E-state index contributed by atoms with van der Waals surface area (Å²) in [6.45, 7) is 5.47. The molecule has 2 atom stereocenters. The molecule has 1 aliphatic rings. The maximum absolute atomic E-state index is 12.9. The van der Waals surface area contributed by atoms with Crippen LogP contribution in [0.1, 0.15) is 44.0 Å². The van der Waals surface area contributed by atoms with Gasteiger partial charge in [-0.25, -0.2) is 13.2 Å². The van der Waals surface area contributed by atoms with Gasteiger partial charge >= 0.3 is 5.97 Å². The molecule has 0 bridgehead atoms. The van der Waals surface area contributed by atoms with E-state index < -0.39 is 33.9 Å². The minimum atomic E-state index is -3.76. The predicted octanol–water partition coefficient (Wildman–Crippen LogP) is 0.797. The average molecular weight is 386 g/mol. The summed E-state index contributed by atoms with van der Waals surface area (Å²) >= 11 is 0. The summed E-state index contributed by atoms with van der Waals surface area (Å²) in [4.78, 5) is 23.8. The number of piperidine rings is 1. The van der Waals surface area contributed by atoms with Crippen LogP contribution in [0.2, 0.25) is 0 Å². The van der Waals surface area contributed by atoms with E-state index in [0.717, 1.165) is 0 Å². The van der Waals surface area contributed by atoms with Crippen LogP contribution in [0.4, 0.5) is 0 Å². The summed E-state index contributed by atoms with van der Waals surface area (Å²) < 4.78 is 27.2. The SMILES string of the molecule is CCCC(NC(=O)C1CCCN(S(=O)(=O)c2c(C)n[nH]c2C)C1)C(=O)O. The molecule has 9 nitrogen and oxygen atoms in total. The summed E-state index contributed by atoms with van der Waals surface area (Å²) in [5, 5.41) is 18.3. The minimum absolute atomic E-state index is 0.0384. The lowest BCUT2D eigenvalue weighted by Crippen LogP contribution is -2.49. The van der Waals surface area contributed by atoms with E-state index in [1.807, 2.05) is 6.92 Å². The van der Waals surface area contributed by atoms with Crippen LogP contribution in [-0.4, -0.2) is 59.0 Å². The number of aromatic amines is 1. The van der Waals surface area contributed by atoms with Gasteiger partial charge in [-0.3, -0.25) is 9.89 Å². The first-order valence-corrected chi connectivity index (χ1v) is 10.2. The van der Waals surface area contributed by atoms with E-state index in [0.29, 0.717) is 43.6 Å². The van der Waals surface area contributed by atoms with Crippen molar-refractivity contribution in [2.45, 2.75) is 57.4 Å². The topological polar surface area (TPSA) is 132 Å². The summed E-state index contributed by atoms with van der Waals surface area (Å²) in [5.41, 5.74) is 0.853. The lowest BCUT2D eigenvalue weighted by molar-refractivity contribution is -0.142. The molecule has 0 saturated carbocycles. The average Bonchev–Trinajstić information content (AvgIpc) is 2.93. The van der Waals surface area contributed by atoms with Crippen molar-refractivity contribution >= 4 is 21.9 Å². The van der Waals surface area contributed by atoms with Crippen molar-refractivity contribution in [3.8, 4) is 0 Å². The molecule has 1 saturated heterocycles. The second-order valence-electron chi connectivity index (χ2n) is 6.65. The third kappa shape index (κ3) is 4.24. The first-order valence-electron chi connectivity index (χ1n) is 8.73. The summed E-state index contributed by atoms with van der Waals surface area (Å²) in [6, 6.07) is -0.946. The number of nitrogens with zero attached hydrogens (tertiary/aromatic N) is 2. The molecule has 26 heavy (non-hydrogen) atoms. The Bertz CT molecular complexity index is 754. The second-order valence-corrected chi connectivity index (χ2v) is 8.53. The van der Waals surface area contributed by atoms with Crippen LogP contribution in [0.15, 0.2) is 4.90 Å². The zero-order valence-corrected chi connectivity index (χ0v) is 16.1.